The van der Waals surface area contributed by atoms with Crippen LogP contribution in [0.25, 0.3) is 0 Å². The number of nitrogens with zero attached hydrogens (tertiary/aromatic N) is 2. The number of carbonyl (C=O) groups excluding carboxylic acids is 1. The molecule has 0 amide bonds. The minimum atomic E-state index is -0.120. The van der Waals surface area contributed by atoms with E-state index >= 15 is 0 Å². The van der Waals surface area contributed by atoms with Crippen molar-refractivity contribution in [3.05, 3.63) is 0 Å². The number of carbonyl (C=O) groups is 1. The minimum absolute atomic E-state index is 0.120. The van der Waals surface area contributed by atoms with E-state index < -0.39 is 0 Å². The first-order valence-electron chi connectivity index (χ1n) is 6.09. The molecule has 1 saturated carbocycles. The van der Waals surface area contributed by atoms with Crippen molar-refractivity contribution in [2.24, 2.45) is 0 Å². The highest BCUT2D eigenvalue weighted by atomic mass is 16.5. The summed E-state index contributed by atoms with van der Waals surface area (Å²) in [6.45, 7) is 2.38. The van der Waals surface area contributed by atoms with Gasteiger partial charge in [-0.2, -0.15) is 0 Å². The Kier molecular flexibility index (Phi) is 5.77. The van der Waals surface area contributed by atoms with Crippen molar-refractivity contribution in [2.75, 3.05) is 40.8 Å². The Labute approximate surface area is 98.5 Å². The average Bonchev–Trinajstić information content (AvgIpc) is 2.76. The van der Waals surface area contributed by atoms with E-state index in [0.717, 1.165) is 13.1 Å². The maximum atomic E-state index is 11.3. The summed E-state index contributed by atoms with van der Waals surface area (Å²) in [5.74, 6) is -0.120. The highest BCUT2D eigenvalue weighted by Gasteiger charge is 2.24. The highest BCUT2D eigenvalue weighted by Crippen LogP contribution is 2.23. The van der Waals surface area contributed by atoms with Gasteiger partial charge in [0.2, 0.25) is 0 Å². The summed E-state index contributed by atoms with van der Waals surface area (Å²) >= 11 is 0. The summed E-state index contributed by atoms with van der Waals surface area (Å²) in [6, 6.07) is 0.582. The van der Waals surface area contributed by atoms with Gasteiger partial charge in [0.25, 0.3) is 0 Å². The second-order valence-electron chi connectivity index (χ2n) is 4.79. The van der Waals surface area contributed by atoms with Crippen molar-refractivity contribution < 1.29 is 9.53 Å². The van der Waals surface area contributed by atoms with Gasteiger partial charge in [-0.25, -0.2) is 0 Å². The number of methoxy groups -OCH3 is 1. The van der Waals surface area contributed by atoms with Crippen LogP contribution < -0.4 is 0 Å². The largest absolute Gasteiger partial charge is 0.468 e. The maximum Gasteiger partial charge on any atom is 0.319 e. The highest BCUT2D eigenvalue weighted by molar-refractivity contribution is 5.71. The molecule has 0 unspecified atom stereocenters. The fourth-order valence-corrected chi connectivity index (χ4v) is 2.22. The fraction of sp³-hybridized carbons (Fsp3) is 0.917. The molecule has 0 aromatic carbocycles. The van der Waals surface area contributed by atoms with E-state index in [9.17, 15) is 4.79 Å². The van der Waals surface area contributed by atoms with Crippen molar-refractivity contribution in [1.82, 2.24) is 9.80 Å². The van der Waals surface area contributed by atoms with Crippen LogP contribution >= 0.6 is 0 Å². The van der Waals surface area contributed by atoms with Crippen LogP contribution in [0.2, 0.25) is 0 Å². The number of hydrogen-bond acceptors (Lipinski definition) is 4. The molecule has 0 saturated heterocycles. The van der Waals surface area contributed by atoms with Crippen LogP contribution in [-0.4, -0.2) is 62.7 Å². The zero-order valence-corrected chi connectivity index (χ0v) is 10.7. The van der Waals surface area contributed by atoms with Crippen molar-refractivity contribution in [2.45, 2.75) is 31.7 Å². The lowest BCUT2D eigenvalue weighted by Gasteiger charge is -2.28. The molecule has 16 heavy (non-hydrogen) atoms. The summed E-state index contributed by atoms with van der Waals surface area (Å²) in [6.07, 6.45) is 5.05. The van der Waals surface area contributed by atoms with Crippen molar-refractivity contribution >= 4 is 5.97 Å². The Morgan fingerprint density at radius 2 is 1.88 bits per heavy atom. The van der Waals surface area contributed by atoms with Crippen LogP contribution in [0.4, 0.5) is 0 Å². The summed E-state index contributed by atoms with van der Waals surface area (Å²) in [5.41, 5.74) is 0. The van der Waals surface area contributed by atoms with Crippen LogP contribution in [-0.2, 0) is 9.53 Å². The smallest absolute Gasteiger partial charge is 0.319 e. The number of likely N-dealkylation sites (N-methyl/N-ethyl adjacent to an activating group) is 1. The zero-order chi connectivity index (χ0) is 12.0. The molecule has 1 rings (SSSR count). The van der Waals surface area contributed by atoms with Gasteiger partial charge < -0.3 is 9.64 Å². The lowest BCUT2D eigenvalue weighted by atomic mass is 10.2. The van der Waals surface area contributed by atoms with Crippen LogP contribution in [0.5, 0.6) is 0 Å². The molecule has 0 aromatic heterocycles. The topological polar surface area (TPSA) is 32.8 Å². The molecule has 0 spiro atoms. The first kappa shape index (κ1) is 13.5. The lowest BCUT2D eigenvalue weighted by Crippen LogP contribution is -2.41. The Morgan fingerprint density at radius 3 is 2.38 bits per heavy atom. The van der Waals surface area contributed by atoms with Gasteiger partial charge >= 0.3 is 5.97 Å². The van der Waals surface area contributed by atoms with Crippen LogP contribution in [0, 0.1) is 0 Å². The van der Waals surface area contributed by atoms with Crippen LogP contribution in [0.15, 0.2) is 0 Å². The normalized spacial score (nSPS) is 17.3. The molecular weight excluding hydrogens is 204 g/mol. The van der Waals surface area contributed by atoms with Crippen molar-refractivity contribution in [3.8, 4) is 0 Å². The van der Waals surface area contributed by atoms with Crippen LogP contribution in [0.3, 0.4) is 0 Å². The average molecular weight is 228 g/mol. The fourth-order valence-electron chi connectivity index (χ4n) is 2.22. The van der Waals surface area contributed by atoms with E-state index in [4.69, 9.17) is 4.74 Å². The van der Waals surface area contributed by atoms with Gasteiger partial charge in [-0.05, 0) is 26.9 Å². The molecule has 1 fully saturated rings. The predicted molar refractivity (Wildman–Crippen MR) is 64.4 cm³/mol. The van der Waals surface area contributed by atoms with Crippen molar-refractivity contribution in [1.29, 1.82) is 0 Å². The Bertz CT molecular complexity index is 213. The molecule has 0 aromatic rings. The molecule has 0 heterocycles. The third-order valence-electron chi connectivity index (χ3n) is 3.24. The van der Waals surface area contributed by atoms with E-state index in [1.54, 1.807) is 0 Å². The SMILES string of the molecule is COC(=O)CN(CCN(C)C)C1CCCC1. The van der Waals surface area contributed by atoms with Gasteiger partial charge in [0.1, 0.15) is 0 Å². The summed E-state index contributed by atoms with van der Waals surface area (Å²) in [5, 5.41) is 0. The molecule has 0 atom stereocenters. The third-order valence-corrected chi connectivity index (χ3v) is 3.24. The van der Waals surface area contributed by atoms with E-state index in [1.165, 1.54) is 32.8 Å². The van der Waals surface area contributed by atoms with Gasteiger partial charge in [0, 0.05) is 19.1 Å². The van der Waals surface area contributed by atoms with Gasteiger partial charge in [-0.1, -0.05) is 12.8 Å². The number of esters is 1. The first-order chi connectivity index (χ1) is 7.63. The molecule has 0 aliphatic heterocycles. The maximum absolute atomic E-state index is 11.3. The monoisotopic (exact) mass is 228 g/mol. The molecule has 94 valence electrons. The number of ether oxygens (including phenoxy) is 1. The van der Waals surface area contributed by atoms with E-state index in [-0.39, 0.29) is 5.97 Å². The number of rotatable bonds is 6. The van der Waals surface area contributed by atoms with Gasteiger partial charge in [0.05, 0.1) is 13.7 Å². The minimum Gasteiger partial charge on any atom is -0.468 e. The molecule has 1 aliphatic carbocycles. The molecule has 4 heteroatoms. The van der Waals surface area contributed by atoms with E-state index in [2.05, 4.69) is 23.9 Å². The molecule has 0 N–H and O–H groups in total. The second kappa shape index (κ2) is 6.86. The number of hydrogen-bond donors (Lipinski definition) is 0. The van der Waals surface area contributed by atoms with Crippen LogP contribution in [0.1, 0.15) is 25.7 Å². The summed E-state index contributed by atoms with van der Waals surface area (Å²) < 4.78 is 4.75. The summed E-state index contributed by atoms with van der Waals surface area (Å²) in [7, 11) is 5.58. The lowest BCUT2D eigenvalue weighted by molar-refractivity contribution is -0.142. The quantitative estimate of drug-likeness (QED) is 0.634. The van der Waals surface area contributed by atoms with E-state index in [1.807, 2.05) is 0 Å². The standard InChI is InChI=1S/C12H24N2O2/c1-13(2)8-9-14(10-12(15)16-3)11-6-4-5-7-11/h11H,4-10H2,1-3H3. The Morgan fingerprint density at radius 1 is 1.25 bits per heavy atom. The van der Waals surface area contributed by atoms with Gasteiger partial charge in [0.15, 0.2) is 0 Å². The zero-order valence-electron chi connectivity index (χ0n) is 10.7. The predicted octanol–water partition coefficient (Wildman–Crippen LogP) is 0.966. The Balaban J connectivity index is 2.43. The first-order valence-corrected chi connectivity index (χ1v) is 6.09. The Hall–Kier alpha value is -0.610. The molecular formula is C12H24N2O2. The van der Waals surface area contributed by atoms with Crippen molar-refractivity contribution in [3.63, 3.8) is 0 Å². The van der Waals surface area contributed by atoms with E-state index in [0.29, 0.717) is 12.6 Å². The molecule has 4 nitrogen and oxygen atoms in total. The molecule has 0 radical (unpaired) electrons. The van der Waals surface area contributed by atoms with Gasteiger partial charge in [-0.15, -0.1) is 0 Å². The molecule has 0 bridgehead atoms. The second-order valence-corrected chi connectivity index (χ2v) is 4.79. The summed E-state index contributed by atoms with van der Waals surface area (Å²) in [4.78, 5) is 15.8. The third kappa shape index (κ3) is 4.49. The van der Waals surface area contributed by atoms with Gasteiger partial charge in [-0.3, -0.25) is 9.69 Å². The molecule has 1 aliphatic rings.